The fourth-order valence-electron chi connectivity index (χ4n) is 1.25. The molecular weight excluding hydrogens is 248 g/mol. The number of nitrogens with zero attached hydrogens (tertiary/aromatic N) is 2. The van der Waals surface area contributed by atoms with E-state index in [4.69, 9.17) is 20.9 Å². The zero-order chi connectivity index (χ0) is 11.5. The van der Waals surface area contributed by atoms with Crippen LogP contribution in [0.5, 0.6) is 5.75 Å². The van der Waals surface area contributed by atoms with Gasteiger partial charge in [0.05, 0.1) is 12.5 Å². The van der Waals surface area contributed by atoms with Crippen molar-refractivity contribution in [2.24, 2.45) is 0 Å². The van der Waals surface area contributed by atoms with E-state index in [2.05, 4.69) is 10.1 Å². The molecule has 0 N–H and O–H groups in total. The summed E-state index contributed by atoms with van der Waals surface area (Å²) in [6, 6.07) is 1.86. The van der Waals surface area contributed by atoms with Crippen LogP contribution in [0.1, 0.15) is 24.5 Å². The molecule has 0 aliphatic rings. The third-order valence-electron chi connectivity index (χ3n) is 2.12. The van der Waals surface area contributed by atoms with Crippen molar-refractivity contribution in [1.29, 1.82) is 0 Å². The highest BCUT2D eigenvalue weighted by Gasteiger charge is 2.18. The molecule has 0 radical (unpaired) electrons. The number of methoxy groups -OCH3 is 1. The lowest BCUT2D eigenvalue weighted by molar-refractivity contribution is 0.404. The second-order valence-corrected chi connectivity index (χ2v) is 4.59. The molecule has 0 spiro atoms. The van der Waals surface area contributed by atoms with Crippen LogP contribution in [0, 0.1) is 0 Å². The normalized spacial score (nSPS) is 12.7. The van der Waals surface area contributed by atoms with E-state index in [-0.39, 0.29) is 5.38 Å². The van der Waals surface area contributed by atoms with E-state index in [1.165, 1.54) is 11.3 Å². The maximum absolute atomic E-state index is 6.03. The smallest absolute Gasteiger partial charge is 0.271 e. The fourth-order valence-corrected chi connectivity index (χ4v) is 2.12. The summed E-state index contributed by atoms with van der Waals surface area (Å²) < 4.78 is 10.3. The van der Waals surface area contributed by atoms with E-state index in [1.54, 1.807) is 7.11 Å². The molecular formula is C10H11ClN2O2S. The molecule has 16 heavy (non-hydrogen) atoms. The van der Waals surface area contributed by atoms with Gasteiger partial charge in [-0.2, -0.15) is 4.98 Å². The van der Waals surface area contributed by atoms with Crippen LogP contribution < -0.4 is 4.74 Å². The van der Waals surface area contributed by atoms with Crippen LogP contribution in [0.3, 0.4) is 0 Å². The van der Waals surface area contributed by atoms with Gasteiger partial charge in [-0.25, -0.2) is 0 Å². The predicted octanol–water partition coefficient (Wildman–Crippen LogP) is 3.50. The maximum atomic E-state index is 6.03. The second kappa shape index (κ2) is 4.84. The molecule has 86 valence electrons. The number of ether oxygens (including phenoxy) is 1. The largest absolute Gasteiger partial charge is 0.495 e. The summed E-state index contributed by atoms with van der Waals surface area (Å²) in [6.07, 6.45) is 0.766. The Morgan fingerprint density at radius 1 is 1.62 bits per heavy atom. The number of rotatable bonds is 4. The Morgan fingerprint density at radius 3 is 3.12 bits per heavy atom. The molecule has 0 saturated carbocycles. The van der Waals surface area contributed by atoms with E-state index >= 15 is 0 Å². The van der Waals surface area contributed by atoms with Gasteiger partial charge >= 0.3 is 0 Å². The van der Waals surface area contributed by atoms with Crippen molar-refractivity contribution in [3.8, 4) is 16.5 Å². The molecule has 2 rings (SSSR count). The molecule has 0 aliphatic carbocycles. The molecule has 2 heterocycles. The Kier molecular flexibility index (Phi) is 3.46. The van der Waals surface area contributed by atoms with Crippen LogP contribution in [0.15, 0.2) is 16.0 Å². The molecule has 0 saturated heterocycles. The summed E-state index contributed by atoms with van der Waals surface area (Å²) in [7, 11) is 1.61. The van der Waals surface area contributed by atoms with Crippen LogP contribution in [0.2, 0.25) is 0 Å². The summed E-state index contributed by atoms with van der Waals surface area (Å²) in [5.41, 5.74) is 0. The monoisotopic (exact) mass is 258 g/mol. The highest BCUT2D eigenvalue weighted by molar-refractivity contribution is 7.13. The lowest BCUT2D eigenvalue weighted by Gasteiger charge is -1.97. The van der Waals surface area contributed by atoms with Crippen molar-refractivity contribution >= 4 is 22.9 Å². The van der Waals surface area contributed by atoms with Crippen molar-refractivity contribution in [2.75, 3.05) is 7.11 Å². The predicted molar refractivity (Wildman–Crippen MR) is 63.0 cm³/mol. The first kappa shape index (κ1) is 11.4. The average molecular weight is 259 g/mol. The fraction of sp³-hybridized carbons (Fsp3) is 0.400. The first-order valence-corrected chi connectivity index (χ1v) is 6.17. The van der Waals surface area contributed by atoms with Gasteiger partial charge in [-0.3, -0.25) is 0 Å². The lowest BCUT2D eigenvalue weighted by atomic mass is 10.3. The van der Waals surface area contributed by atoms with Crippen LogP contribution >= 0.6 is 22.9 Å². The second-order valence-electron chi connectivity index (χ2n) is 3.15. The Morgan fingerprint density at radius 2 is 2.44 bits per heavy atom. The van der Waals surface area contributed by atoms with Gasteiger partial charge in [0.1, 0.15) is 10.6 Å². The molecule has 2 aromatic heterocycles. The van der Waals surface area contributed by atoms with E-state index in [0.29, 0.717) is 11.7 Å². The molecule has 2 aromatic rings. The molecule has 0 aromatic carbocycles. The summed E-state index contributed by atoms with van der Waals surface area (Å²) >= 11 is 7.52. The van der Waals surface area contributed by atoms with Crippen LogP contribution in [0.4, 0.5) is 0 Å². The molecule has 0 fully saturated rings. The molecule has 1 atom stereocenters. The maximum Gasteiger partial charge on any atom is 0.271 e. The van der Waals surface area contributed by atoms with Gasteiger partial charge in [0.2, 0.25) is 0 Å². The number of aromatic nitrogens is 2. The van der Waals surface area contributed by atoms with Crippen molar-refractivity contribution in [3.63, 3.8) is 0 Å². The minimum Gasteiger partial charge on any atom is -0.495 e. The van der Waals surface area contributed by atoms with Gasteiger partial charge < -0.3 is 9.26 Å². The van der Waals surface area contributed by atoms with Crippen molar-refractivity contribution < 1.29 is 9.26 Å². The Hall–Kier alpha value is -1.07. The third-order valence-corrected chi connectivity index (χ3v) is 3.51. The summed E-state index contributed by atoms with van der Waals surface area (Å²) in [5, 5.41) is 5.56. The molecule has 1 unspecified atom stereocenters. The first-order valence-electron chi connectivity index (χ1n) is 4.85. The minimum atomic E-state index is -0.205. The molecule has 6 heteroatoms. The zero-order valence-corrected chi connectivity index (χ0v) is 10.5. The summed E-state index contributed by atoms with van der Waals surface area (Å²) in [6.45, 7) is 1.97. The van der Waals surface area contributed by atoms with Gasteiger partial charge in [0.15, 0.2) is 5.82 Å². The number of hydrogen-bond donors (Lipinski definition) is 0. The standard InChI is InChI=1S/C10H11ClN2O2S/c1-3-6(11)9-12-10(15-13-9)8-7(14-2)4-5-16-8/h4-6H,3H2,1-2H3. The first-order chi connectivity index (χ1) is 7.76. The molecule has 0 amide bonds. The highest BCUT2D eigenvalue weighted by Crippen LogP contribution is 2.35. The quantitative estimate of drug-likeness (QED) is 0.788. The van der Waals surface area contributed by atoms with E-state index in [0.717, 1.165) is 17.0 Å². The number of hydrogen-bond acceptors (Lipinski definition) is 5. The van der Waals surface area contributed by atoms with Gasteiger partial charge in [-0.1, -0.05) is 12.1 Å². The van der Waals surface area contributed by atoms with Crippen LogP contribution in [-0.2, 0) is 0 Å². The topological polar surface area (TPSA) is 48.2 Å². The van der Waals surface area contributed by atoms with Gasteiger partial charge in [-0.15, -0.1) is 22.9 Å². The summed E-state index contributed by atoms with van der Waals surface area (Å²) in [5.74, 6) is 1.72. The Balaban J connectivity index is 2.31. The SMILES string of the molecule is CCC(Cl)c1noc(-c2sccc2OC)n1. The molecule has 0 bridgehead atoms. The summed E-state index contributed by atoms with van der Waals surface area (Å²) in [4.78, 5) is 5.09. The lowest BCUT2D eigenvalue weighted by Crippen LogP contribution is -1.90. The Bertz CT molecular complexity index is 469. The van der Waals surface area contributed by atoms with Crippen LogP contribution in [0.25, 0.3) is 10.8 Å². The average Bonchev–Trinajstić information content (AvgIpc) is 2.95. The molecule has 4 nitrogen and oxygen atoms in total. The van der Waals surface area contributed by atoms with E-state index in [1.807, 2.05) is 18.4 Å². The van der Waals surface area contributed by atoms with E-state index < -0.39 is 0 Å². The van der Waals surface area contributed by atoms with Crippen molar-refractivity contribution in [3.05, 3.63) is 17.3 Å². The number of halogens is 1. The zero-order valence-electron chi connectivity index (χ0n) is 8.94. The van der Waals surface area contributed by atoms with E-state index in [9.17, 15) is 0 Å². The van der Waals surface area contributed by atoms with Gasteiger partial charge in [0, 0.05) is 0 Å². The van der Waals surface area contributed by atoms with Gasteiger partial charge in [0.25, 0.3) is 5.89 Å². The van der Waals surface area contributed by atoms with Gasteiger partial charge in [-0.05, 0) is 17.9 Å². The number of alkyl halides is 1. The Labute approximate surface area is 102 Å². The minimum absolute atomic E-state index is 0.205. The van der Waals surface area contributed by atoms with Crippen molar-refractivity contribution in [1.82, 2.24) is 10.1 Å². The highest BCUT2D eigenvalue weighted by atomic mass is 35.5. The molecule has 0 aliphatic heterocycles. The van der Waals surface area contributed by atoms with Crippen LogP contribution in [-0.4, -0.2) is 17.3 Å². The van der Waals surface area contributed by atoms with Crippen molar-refractivity contribution in [2.45, 2.75) is 18.7 Å². The number of thiophene rings is 1. The third kappa shape index (κ3) is 2.05.